The molecule has 2 rings (SSSR count). The summed E-state index contributed by atoms with van der Waals surface area (Å²) in [7, 11) is 0. The van der Waals surface area contributed by atoms with Crippen molar-refractivity contribution in [1.82, 2.24) is 4.98 Å². The summed E-state index contributed by atoms with van der Waals surface area (Å²) in [5, 5.41) is 12.4. The van der Waals surface area contributed by atoms with Crippen molar-refractivity contribution in [2.45, 2.75) is 6.41 Å². The second kappa shape index (κ2) is 5.14. The largest absolute Gasteiger partial charge is 0.447 e. The molecule has 1 unspecified atom stereocenters. The van der Waals surface area contributed by atoms with Crippen molar-refractivity contribution in [2.24, 2.45) is 0 Å². The second-order valence-electron chi connectivity index (χ2n) is 3.16. The van der Waals surface area contributed by atoms with Crippen molar-refractivity contribution in [2.75, 3.05) is 5.32 Å². The molecule has 0 saturated heterocycles. The summed E-state index contributed by atoms with van der Waals surface area (Å²) in [6, 6.07) is 12.6. The first-order valence-corrected chi connectivity index (χ1v) is 4.91. The van der Waals surface area contributed by atoms with Crippen LogP contribution in [0, 0.1) is 0 Å². The average molecular weight is 216 g/mol. The fraction of sp³-hybridized carbons (Fsp3) is 0.0833. The highest BCUT2D eigenvalue weighted by atomic mass is 16.6. The summed E-state index contributed by atoms with van der Waals surface area (Å²) in [6.45, 7) is 0. The van der Waals surface area contributed by atoms with Crippen LogP contribution in [0.2, 0.25) is 0 Å². The highest BCUT2D eigenvalue weighted by Gasteiger charge is 2.04. The van der Waals surface area contributed by atoms with Gasteiger partial charge in [-0.05, 0) is 24.3 Å². The number of rotatable bonds is 4. The molecule has 0 aliphatic rings. The van der Waals surface area contributed by atoms with Gasteiger partial charge in [0, 0.05) is 18.1 Å². The molecule has 0 bridgehead atoms. The van der Waals surface area contributed by atoms with Crippen LogP contribution >= 0.6 is 0 Å². The van der Waals surface area contributed by atoms with Crippen LogP contribution in [-0.2, 0) is 0 Å². The first kappa shape index (κ1) is 10.4. The highest BCUT2D eigenvalue weighted by Crippen LogP contribution is 2.11. The van der Waals surface area contributed by atoms with E-state index in [-0.39, 0.29) is 0 Å². The molecule has 0 aliphatic carbocycles. The van der Waals surface area contributed by atoms with Gasteiger partial charge < -0.3 is 15.2 Å². The minimum absolute atomic E-state index is 0.608. The molecule has 1 aromatic heterocycles. The third-order valence-corrected chi connectivity index (χ3v) is 1.96. The molecule has 0 spiro atoms. The standard InChI is InChI=1S/C12H12N2O2/c15-12(14-10-6-8-13-9-7-10)16-11-4-2-1-3-5-11/h1-9,12,15H,(H,13,14). The van der Waals surface area contributed by atoms with Gasteiger partial charge in [0.15, 0.2) is 0 Å². The van der Waals surface area contributed by atoms with Gasteiger partial charge in [0.25, 0.3) is 6.41 Å². The number of hydrogen-bond donors (Lipinski definition) is 2. The molecule has 2 N–H and O–H groups in total. The Balaban J connectivity index is 1.92. The SMILES string of the molecule is OC(Nc1ccncc1)Oc1ccccc1. The topological polar surface area (TPSA) is 54.4 Å². The molecule has 0 radical (unpaired) electrons. The number of benzene rings is 1. The predicted octanol–water partition coefficient (Wildman–Crippen LogP) is 1.85. The van der Waals surface area contributed by atoms with E-state index in [2.05, 4.69) is 10.3 Å². The van der Waals surface area contributed by atoms with Crippen LogP contribution in [0.1, 0.15) is 0 Å². The number of hydrogen-bond acceptors (Lipinski definition) is 4. The van der Waals surface area contributed by atoms with Gasteiger partial charge in [0.2, 0.25) is 0 Å². The zero-order chi connectivity index (χ0) is 11.2. The van der Waals surface area contributed by atoms with Crippen LogP contribution in [0.5, 0.6) is 5.75 Å². The Kier molecular flexibility index (Phi) is 3.35. The molecule has 1 aromatic carbocycles. The summed E-state index contributed by atoms with van der Waals surface area (Å²) in [6.07, 6.45) is 2.19. The van der Waals surface area contributed by atoms with Crippen molar-refractivity contribution >= 4 is 5.69 Å². The van der Waals surface area contributed by atoms with Gasteiger partial charge in [-0.15, -0.1) is 0 Å². The van der Waals surface area contributed by atoms with Crippen molar-refractivity contribution < 1.29 is 9.84 Å². The Labute approximate surface area is 93.5 Å². The van der Waals surface area contributed by atoms with Gasteiger partial charge >= 0.3 is 0 Å². The smallest absolute Gasteiger partial charge is 0.279 e. The van der Waals surface area contributed by atoms with Crippen LogP contribution in [0.4, 0.5) is 5.69 Å². The number of ether oxygens (including phenoxy) is 1. The highest BCUT2D eigenvalue weighted by molar-refractivity contribution is 5.40. The summed E-state index contributed by atoms with van der Waals surface area (Å²) >= 11 is 0. The molecular formula is C12H12N2O2. The zero-order valence-electron chi connectivity index (χ0n) is 8.58. The van der Waals surface area contributed by atoms with Crippen molar-refractivity contribution in [3.05, 3.63) is 54.9 Å². The molecule has 16 heavy (non-hydrogen) atoms. The number of nitrogens with zero attached hydrogens (tertiary/aromatic N) is 1. The third-order valence-electron chi connectivity index (χ3n) is 1.96. The second-order valence-corrected chi connectivity index (χ2v) is 3.16. The van der Waals surface area contributed by atoms with E-state index < -0.39 is 6.41 Å². The van der Waals surface area contributed by atoms with Crippen molar-refractivity contribution in [1.29, 1.82) is 0 Å². The maximum atomic E-state index is 9.60. The van der Waals surface area contributed by atoms with E-state index in [1.807, 2.05) is 18.2 Å². The number of aliphatic hydroxyl groups is 1. The van der Waals surface area contributed by atoms with Gasteiger partial charge in [0.1, 0.15) is 5.75 Å². The molecule has 4 nitrogen and oxygen atoms in total. The Bertz CT molecular complexity index is 378. The average Bonchev–Trinajstić information content (AvgIpc) is 2.31. The number of aromatic nitrogens is 1. The fourth-order valence-electron chi connectivity index (χ4n) is 1.25. The quantitative estimate of drug-likeness (QED) is 0.766. The van der Waals surface area contributed by atoms with Gasteiger partial charge in [-0.25, -0.2) is 0 Å². The Hall–Kier alpha value is -2.07. The van der Waals surface area contributed by atoms with Crippen LogP contribution in [0.15, 0.2) is 54.9 Å². The lowest BCUT2D eigenvalue weighted by atomic mass is 10.3. The van der Waals surface area contributed by atoms with Crippen LogP contribution in [0.3, 0.4) is 0 Å². The van der Waals surface area contributed by atoms with Gasteiger partial charge in [-0.3, -0.25) is 4.98 Å². The molecule has 0 aliphatic heterocycles. The molecule has 0 amide bonds. The molecule has 82 valence electrons. The molecule has 1 atom stereocenters. The first-order chi connectivity index (χ1) is 7.84. The van der Waals surface area contributed by atoms with E-state index in [0.717, 1.165) is 5.69 Å². The van der Waals surface area contributed by atoms with Crippen LogP contribution < -0.4 is 10.1 Å². The van der Waals surface area contributed by atoms with E-state index in [1.54, 1.807) is 36.7 Å². The molecule has 0 saturated carbocycles. The Morgan fingerprint density at radius 3 is 2.44 bits per heavy atom. The van der Waals surface area contributed by atoms with E-state index in [1.165, 1.54) is 0 Å². The maximum Gasteiger partial charge on any atom is 0.279 e. The summed E-state index contributed by atoms with van der Waals surface area (Å²) in [5.41, 5.74) is 0.749. The van der Waals surface area contributed by atoms with E-state index in [0.29, 0.717) is 5.75 Å². The van der Waals surface area contributed by atoms with E-state index in [9.17, 15) is 5.11 Å². The summed E-state index contributed by atoms with van der Waals surface area (Å²) in [5.74, 6) is 0.608. The summed E-state index contributed by atoms with van der Waals surface area (Å²) in [4.78, 5) is 3.87. The van der Waals surface area contributed by atoms with Crippen molar-refractivity contribution in [3.8, 4) is 5.75 Å². The molecule has 2 aromatic rings. The Morgan fingerprint density at radius 1 is 1.06 bits per heavy atom. The third kappa shape index (κ3) is 2.96. The minimum atomic E-state index is -1.08. The van der Waals surface area contributed by atoms with E-state index >= 15 is 0 Å². The molecule has 1 heterocycles. The minimum Gasteiger partial charge on any atom is -0.447 e. The lowest BCUT2D eigenvalue weighted by Crippen LogP contribution is -2.25. The van der Waals surface area contributed by atoms with Crippen LogP contribution in [0.25, 0.3) is 0 Å². The summed E-state index contributed by atoms with van der Waals surface area (Å²) < 4.78 is 5.24. The molecular weight excluding hydrogens is 204 g/mol. The number of anilines is 1. The Morgan fingerprint density at radius 2 is 1.75 bits per heavy atom. The monoisotopic (exact) mass is 216 g/mol. The van der Waals surface area contributed by atoms with E-state index in [4.69, 9.17) is 4.74 Å². The predicted molar refractivity (Wildman–Crippen MR) is 60.9 cm³/mol. The maximum absolute atomic E-state index is 9.60. The lowest BCUT2D eigenvalue weighted by molar-refractivity contribution is 0.00775. The number of pyridine rings is 1. The molecule has 4 heteroatoms. The fourth-order valence-corrected chi connectivity index (χ4v) is 1.25. The zero-order valence-corrected chi connectivity index (χ0v) is 8.58. The van der Waals surface area contributed by atoms with Gasteiger partial charge in [-0.1, -0.05) is 18.2 Å². The normalized spacial score (nSPS) is 11.8. The van der Waals surface area contributed by atoms with Gasteiger partial charge in [0.05, 0.1) is 0 Å². The number of para-hydroxylation sites is 1. The van der Waals surface area contributed by atoms with Gasteiger partial charge in [-0.2, -0.15) is 0 Å². The van der Waals surface area contributed by atoms with Crippen molar-refractivity contribution in [3.63, 3.8) is 0 Å². The number of aliphatic hydroxyl groups excluding tert-OH is 1. The van der Waals surface area contributed by atoms with Crippen LogP contribution in [-0.4, -0.2) is 16.5 Å². The molecule has 0 fully saturated rings. The first-order valence-electron chi connectivity index (χ1n) is 4.91. The number of nitrogens with one attached hydrogen (secondary N) is 1. The lowest BCUT2D eigenvalue weighted by Gasteiger charge is -2.15.